The maximum absolute atomic E-state index is 12.2. The summed E-state index contributed by atoms with van der Waals surface area (Å²) in [5, 5.41) is 7.73. The number of likely N-dealkylation sites (tertiary alicyclic amines) is 1. The monoisotopic (exact) mass is 369 g/mol. The first-order valence-corrected chi connectivity index (χ1v) is 9.97. The van der Waals surface area contributed by atoms with E-state index in [0.717, 1.165) is 50.9 Å². The van der Waals surface area contributed by atoms with Gasteiger partial charge >= 0.3 is 6.09 Å². The van der Waals surface area contributed by atoms with Gasteiger partial charge in [0.2, 0.25) is 0 Å². The molecule has 1 fully saturated rings. The summed E-state index contributed by atoms with van der Waals surface area (Å²) < 4.78 is 5.47. The van der Waals surface area contributed by atoms with E-state index >= 15 is 0 Å². The van der Waals surface area contributed by atoms with Crippen molar-refractivity contribution in [3.63, 3.8) is 0 Å². The zero-order chi connectivity index (χ0) is 19.3. The van der Waals surface area contributed by atoms with Crippen LogP contribution in [0.25, 0.3) is 0 Å². The lowest BCUT2D eigenvalue weighted by Crippen LogP contribution is -2.41. The van der Waals surface area contributed by atoms with Crippen LogP contribution in [-0.2, 0) is 17.6 Å². The van der Waals surface area contributed by atoms with Gasteiger partial charge in [-0.2, -0.15) is 5.10 Å². The summed E-state index contributed by atoms with van der Waals surface area (Å²) in [6.45, 7) is 7.17. The van der Waals surface area contributed by atoms with Gasteiger partial charge in [-0.05, 0) is 64.5 Å². The molecule has 0 saturated carbocycles. The van der Waals surface area contributed by atoms with Crippen LogP contribution in [0.5, 0.6) is 0 Å². The number of piperidine rings is 1. The first-order valence-electron chi connectivity index (χ1n) is 9.97. The van der Waals surface area contributed by atoms with Crippen LogP contribution in [0.2, 0.25) is 0 Å². The van der Waals surface area contributed by atoms with Gasteiger partial charge in [-0.25, -0.2) is 4.79 Å². The first kappa shape index (κ1) is 19.5. The predicted octanol–water partition coefficient (Wildman–Crippen LogP) is 4.70. The Kier molecular flexibility index (Phi) is 6.19. The number of aromatic nitrogens is 2. The first-order chi connectivity index (χ1) is 12.9. The molecule has 1 aliphatic rings. The molecule has 5 nitrogen and oxygen atoms in total. The van der Waals surface area contributed by atoms with E-state index in [-0.39, 0.29) is 6.09 Å². The van der Waals surface area contributed by atoms with Gasteiger partial charge in [0.05, 0.1) is 5.69 Å². The number of aromatic amines is 1. The van der Waals surface area contributed by atoms with Gasteiger partial charge < -0.3 is 9.64 Å². The van der Waals surface area contributed by atoms with Crippen molar-refractivity contribution in [2.45, 2.75) is 64.4 Å². The Morgan fingerprint density at radius 2 is 1.89 bits per heavy atom. The molecule has 2 heterocycles. The SMILES string of the molecule is CC(C)(C)OC(=O)N1CCC(c2cc(CCCc3ccccc3)[nH]n2)CC1. The van der Waals surface area contributed by atoms with Crippen molar-refractivity contribution in [3.8, 4) is 0 Å². The third kappa shape index (κ3) is 5.84. The number of carbonyl (C=O) groups excluding carboxylic acids is 1. The van der Waals surface area contributed by atoms with Crippen molar-refractivity contribution in [2.24, 2.45) is 0 Å². The van der Waals surface area contributed by atoms with Crippen LogP contribution in [0, 0.1) is 0 Å². The van der Waals surface area contributed by atoms with E-state index < -0.39 is 5.60 Å². The largest absolute Gasteiger partial charge is 0.444 e. The van der Waals surface area contributed by atoms with Crippen LogP contribution in [0.15, 0.2) is 36.4 Å². The van der Waals surface area contributed by atoms with E-state index in [1.165, 1.54) is 11.3 Å². The molecule has 1 N–H and O–H groups in total. The number of hydrogen-bond acceptors (Lipinski definition) is 3. The van der Waals surface area contributed by atoms with E-state index in [9.17, 15) is 4.79 Å². The summed E-state index contributed by atoms with van der Waals surface area (Å²) in [7, 11) is 0. The van der Waals surface area contributed by atoms with Gasteiger partial charge in [0, 0.05) is 24.7 Å². The second-order valence-electron chi connectivity index (χ2n) is 8.40. The van der Waals surface area contributed by atoms with Crippen LogP contribution in [0.4, 0.5) is 4.79 Å². The average Bonchev–Trinajstić information content (AvgIpc) is 3.10. The summed E-state index contributed by atoms with van der Waals surface area (Å²) in [5.41, 5.74) is 3.28. The third-order valence-corrected chi connectivity index (χ3v) is 4.97. The summed E-state index contributed by atoms with van der Waals surface area (Å²) >= 11 is 0. The molecule has 1 saturated heterocycles. The number of benzene rings is 1. The third-order valence-electron chi connectivity index (χ3n) is 4.97. The van der Waals surface area contributed by atoms with Crippen molar-refractivity contribution in [1.29, 1.82) is 0 Å². The summed E-state index contributed by atoms with van der Waals surface area (Å²) in [6, 6.07) is 12.8. The normalized spacial score (nSPS) is 15.7. The Morgan fingerprint density at radius 1 is 1.19 bits per heavy atom. The molecule has 0 unspecified atom stereocenters. The zero-order valence-corrected chi connectivity index (χ0v) is 16.7. The van der Waals surface area contributed by atoms with Crippen LogP contribution in [0.3, 0.4) is 0 Å². The van der Waals surface area contributed by atoms with E-state index in [1.807, 2.05) is 25.7 Å². The van der Waals surface area contributed by atoms with Crippen molar-refractivity contribution < 1.29 is 9.53 Å². The molecule has 2 aromatic rings. The van der Waals surface area contributed by atoms with Gasteiger partial charge in [0.15, 0.2) is 0 Å². The second kappa shape index (κ2) is 8.59. The average molecular weight is 370 g/mol. The van der Waals surface area contributed by atoms with Crippen molar-refractivity contribution in [2.75, 3.05) is 13.1 Å². The maximum Gasteiger partial charge on any atom is 0.410 e. The number of nitrogens with zero attached hydrogens (tertiary/aromatic N) is 2. The zero-order valence-electron chi connectivity index (χ0n) is 16.7. The number of rotatable bonds is 5. The maximum atomic E-state index is 12.2. The highest BCUT2D eigenvalue weighted by atomic mass is 16.6. The highest BCUT2D eigenvalue weighted by Crippen LogP contribution is 2.28. The Hall–Kier alpha value is -2.30. The minimum Gasteiger partial charge on any atom is -0.444 e. The summed E-state index contributed by atoms with van der Waals surface area (Å²) in [5.74, 6) is 0.419. The molecule has 1 aromatic carbocycles. The number of carbonyl (C=O) groups is 1. The van der Waals surface area contributed by atoms with E-state index in [2.05, 4.69) is 46.6 Å². The molecule has 1 aliphatic heterocycles. The molecule has 0 radical (unpaired) electrons. The molecule has 3 rings (SSSR count). The van der Waals surface area contributed by atoms with Crippen molar-refractivity contribution >= 4 is 6.09 Å². The van der Waals surface area contributed by atoms with E-state index in [4.69, 9.17) is 4.74 Å². The van der Waals surface area contributed by atoms with Gasteiger partial charge in [0.25, 0.3) is 0 Å². The number of amides is 1. The quantitative estimate of drug-likeness (QED) is 0.831. The Balaban J connectivity index is 1.44. The lowest BCUT2D eigenvalue weighted by atomic mass is 9.93. The minimum atomic E-state index is -0.440. The molecule has 1 amide bonds. The molecular formula is C22H31N3O2. The second-order valence-corrected chi connectivity index (χ2v) is 8.40. The smallest absolute Gasteiger partial charge is 0.410 e. The van der Waals surface area contributed by atoms with Gasteiger partial charge in [-0.3, -0.25) is 5.10 Å². The van der Waals surface area contributed by atoms with Crippen LogP contribution in [-0.4, -0.2) is 39.9 Å². The van der Waals surface area contributed by atoms with Crippen molar-refractivity contribution in [1.82, 2.24) is 15.1 Å². The number of ether oxygens (including phenoxy) is 1. The number of nitrogens with one attached hydrogen (secondary N) is 1. The molecule has 0 atom stereocenters. The molecule has 0 bridgehead atoms. The lowest BCUT2D eigenvalue weighted by Gasteiger charge is -2.32. The molecule has 146 valence electrons. The Labute approximate surface area is 162 Å². The Morgan fingerprint density at radius 3 is 2.56 bits per heavy atom. The molecular weight excluding hydrogens is 338 g/mol. The topological polar surface area (TPSA) is 58.2 Å². The molecule has 5 heteroatoms. The molecule has 27 heavy (non-hydrogen) atoms. The van der Waals surface area contributed by atoms with Gasteiger partial charge in [-0.15, -0.1) is 0 Å². The molecule has 0 aliphatic carbocycles. The standard InChI is InChI=1S/C22H31N3O2/c1-22(2,3)27-21(26)25-14-12-18(13-15-25)20-16-19(23-24-20)11-7-10-17-8-5-4-6-9-17/h4-6,8-9,16,18H,7,10-15H2,1-3H3,(H,23,24). The van der Waals surface area contributed by atoms with Gasteiger partial charge in [0.1, 0.15) is 5.60 Å². The van der Waals surface area contributed by atoms with Crippen LogP contribution >= 0.6 is 0 Å². The molecule has 1 aromatic heterocycles. The van der Waals surface area contributed by atoms with E-state index in [0.29, 0.717) is 5.92 Å². The molecule has 0 spiro atoms. The fraction of sp³-hybridized carbons (Fsp3) is 0.545. The van der Waals surface area contributed by atoms with Crippen LogP contribution in [0.1, 0.15) is 62.9 Å². The predicted molar refractivity (Wildman–Crippen MR) is 107 cm³/mol. The fourth-order valence-electron chi connectivity index (χ4n) is 3.53. The number of aryl methyl sites for hydroxylation is 2. The summed E-state index contributed by atoms with van der Waals surface area (Å²) in [6.07, 6.45) is 4.89. The number of H-pyrrole nitrogens is 1. The number of hydrogen-bond donors (Lipinski definition) is 1. The fourth-order valence-corrected chi connectivity index (χ4v) is 3.53. The summed E-state index contributed by atoms with van der Waals surface area (Å²) in [4.78, 5) is 14.0. The van der Waals surface area contributed by atoms with Gasteiger partial charge in [-0.1, -0.05) is 30.3 Å². The highest BCUT2D eigenvalue weighted by Gasteiger charge is 2.28. The lowest BCUT2D eigenvalue weighted by molar-refractivity contribution is 0.0204. The van der Waals surface area contributed by atoms with E-state index in [1.54, 1.807) is 0 Å². The van der Waals surface area contributed by atoms with Crippen LogP contribution < -0.4 is 0 Å². The Bertz CT molecular complexity index is 726. The highest BCUT2D eigenvalue weighted by molar-refractivity contribution is 5.68. The van der Waals surface area contributed by atoms with Crippen molar-refractivity contribution in [3.05, 3.63) is 53.3 Å². The minimum absolute atomic E-state index is 0.204.